The van der Waals surface area contributed by atoms with Gasteiger partial charge in [-0.05, 0) is 44.5 Å². The maximum Gasteiger partial charge on any atom is 0.234 e. The van der Waals surface area contributed by atoms with Crippen LogP contribution in [0.3, 0.4) is 0 Å². The van der Waals surface area contributed by atoms with Crippen LogP contribution in [0.15, 0.2) is 55.1 Å². The smallest absolute Gasteiger partial charge is 0.234 e. The number of ether oxygens (including phenoxy) is 4. The summed E-state index contributed by atoms with van der Waals surface area (Å²) in [5.41, 5.74) is 4.05. The zero-order valence-corrected chi connectivity index (χ0v) is 23.8. The summed E-state index contributed by atoms with van der Waals surface area (Å²) >= 11 is 0. The molecule has 11 nitrogen and oxygen atoms in total. The zero-order chi connectivity index (χ0) is 28.9. The second kappa shape index (κ2) is 11.9. The highest BCUT2D eigenvalue weighted by molar-refractivity contribution is 5.95. The molecule has 210 valence electrons. The summed E-state index contributed by atoms with van der Waals surface area (Å²) in [6, 6.07) is 11.3. The van der Waals surface area contributed by atoms with Crippen LogP contribution >= 0.6 is 0 Å². The molecule has 3 aromatic heterocycles. The SMILES string of the molecule is COc1ccc(CNc2ncnc3cc(Nc4nccnc4C)nc(Oc4c(C)ccc(OC)c4C)c23)c(OC)c1. The first-order valence-electron chi connectivity index (χ1n) is 12.9. The largest absolute Gasteiger partial charge is 0.497 e. The average molecular weight is 554 g/mol. The second-order valence-electron chi connectivity index (χ2n) is 9.22. The van der Waals surface area contributed by atoms with E-state index in [0.29, 0.717) is 63.8 Å². The number of anilines is 3. The second-order valence-corrected chi connectivity index (χ2v) is 9.22. The minimum Gasteiger partial charge on any atom is -0.497 e. The van der Waals surface area contributed by atoms with Gasteiger partial charge in [-0.1, -0.05) is 6.07 Å². The minimum atomic E-state index is 0.316. The Kier molecular flexibility index (Phi) is 7.95. The molecule has 0 atom stereocenters. The molecule has 0 aliphatic rings. The number of aryl methyl sites for hydroxylation is 2. The number of fused-ring (bicyclic) bond motifs is 1. The lowest BCUT2D eigenvalue weighted by Gasteiger charge is -2.18. The van der Waals surface area contributed by atoms with Crippen molar-refractivity contribution in [2.45, 2.75) is 27.3 Å². The Bertz CT molecular complexity index is 1710. The number of nitrogens with one attached hydrogen (secondary N) is 2. The van der Waals surface area contributed by atoms with Gasteiger partial charge in [0.15, 0.2) is 5.82 Å². The minimum absolute atomic E-state index is 0.316. The molecule has 41 heavy (non-hydrogen) atoms. The van der Waals surface area contributed by atoms with Crippen molar-refractivity contribution in [2.24, 2.45) is 0 Å². The van der Waals surface area contributed by atoms with E-state index in [1.54, 1.807) is 33.7 Å². The Morgan fingerprint density at radius 1 is 0.780 bits per heavy atom. The number of hydrogen-bond acceptors (Lipinski definition) is 11. The van der Waals surface area contributed by atoms with Gasteiger partial charge in [-0.3, -0.25) is 4.98 Å². The van der Waals surface area contributed by atoms with Crippen molar-refractivity contribution in [2.75, 3.05) is 32.0 Å². The molecule has 3 heterocycles. The molecule has 0 bridgehead atoms. The summed E-state index contributed by atoms with van der Waals surface area (Å²) in [5.74, 6) is 4.69. The number of hydrogen-bond donors (Lipinski definition) is 2. The zero-order valence-electron chi connectivity index (χ0n) is 23.8. The number of aromatic nitrogens is 5. The molecule has 0 unspecified atom stereocenters. The first-order valence-corrected chi connectivity index (χ1v) is 12.9. The predicted octanol–water partition coefficient (Wildman–Crippen LogP) is 5.91. The van der Waals surface area contributed by atoms with Crippen LogP contribution in [0.4, 0.5) is 17.5 Å². The molecule has 0 aliphatic heterocycles. The van der Waals surface area contributed by atoms with Crippen LogP contribution in [0.1, 0.15) is 22.4 Å². The van der Waals surface area contributed by atoms with Gasteiger partial charge in [0.2, 0.25) is 5.88 Å². The van der Waals surface area contributed by atoms with Gasteiger partial charge in [-0.15, -0.1) is 0 Å². The first-order chi connectivity index (χ1) is 19.9. The summed E-state index contributed by atoms with van der Waals surface area (Å²) in [7, 11) is 4.88. The number of benzene rings is 2. The molecular formula is C30H31N7O4. The summed E-state index contributed by atoms with van der Waals surface area (Å²) in [4.78, 5) is 22.6. The van der Waals surface area contributed by atoms with E-state index in [2.05, 4.69) is 30.6 Å². The van der Waals surface area contributed by atoms with Gasteiger partial charge in [0.05, 0.1) is 32.5 Å². The van der Waals surface area contributed by atoms with Crippen LogP contribution in [0.2, 0.25) is 0 Å². The van der Waals surface area contributed by atoms with E-state index in [0.717, 1.165) is 22.4 Å². The highest BCUT2D eigenvalue weighted by Gasteiger charge is 2.19. The predicted molar refractivity (Wildman–Crippen MR) is 157 cm³/mol. The Morgan fingerprint density at radius 3 is 2.34 bits per heavy atom. The number of methoxy groups -OCH3 is 3. The van der Waals surface area contributed by atoms with E-state index >= 15 is 0 Å². The van der Waals surface area contributed by atoms with E-state index in [4.69, 9.17) is 23.9 Å². The quantitative estimate of drug-likeness (QED) is 0.214. The maximum absolute atomic E-state index is 6.54. The van der Waals surface area contributed by atoms with Crippen LogP contribution in [-0.2, 0) is 6.54 Å². The van der Waals surface area contributed by atoms with Gasteiger partial charge in [0.25, 0.3) is 0 Å². The van der Waals surface area contributed by atoms with Crippen LogP contribution in [0, 0.1) is 20.8 Å². The van der Waals surface area contributed by atoms with Gasteiger partial charge in [-0.25, -0.2) is 15.0 Å². The molecule has 0 radical (unpaired) electrons. The number of pyridine rings is 1. The van der Waals surface area contributed by atoms with Crippen molar-refractivity contribution in [3.8, 4) is 28.9 Å². The molecule has 2 aromatic carbocycles. The van der Waals surface area contributed by atoms with Gasteiger partial charge in [0.1, 0.15) is 46.3 Å². The van der Waals surface area contributed by atoms with Crippen molar-refractivity contribution in [3.63, 3.8) is 0 Å². The summed E-state index contributed by atoms with van der Waals surface area (Å²) in [6.45, 7) is 6.21. The molecule has 5 aromatic rings. The molecule has 0 spiro atoms. The first kappa shape index (κ1) is 27.4. The van der Waals surface area contributed by atoms with Crippen LogP contribution in [-0.4, -0.2) is 46.2 Å². The lowest BCUT2D eigenvalue weighted by Crippen LogP contribution is -2.07. The maximum atomic E-state index is 6.54. The Labute approximate surface area is 237 Å². The van der Waals surface area contributed by atoms with Gasteiger partial charge >= 0.3 is 0 Å². The van der Waals surface area contributed by atoms with Gasteiger partial charge < -0.3 is 29.6 Å². The van der Waals surface area contributed by atoms with E-state index in [1.165, 1.54) is 6.33 Å². The van der Waals surface area contributed by atoms with Crippen molar-refractivity contribution < 1.29 is 18.9 Å². The fourth-order valence-corrected chi connectivity index (χ4v) is 4.43. The van der Waals surface area contributed by atoms with Crippen molar-refractivity contribution >= 4 is 28.4 Å². The van der Waals surface area contributed by atoms with Crippen LogP contribution < -0.4 is 29.6 Å². The molecular weight excluding hydrogens is 522 g/mol. The Balaban J connectivity index is 1.60. The summed E-state index contributed by atoms with van der Waals surface area (Å²) in [5, 5.41) is 7.27. The highest BCUT2D eigenvalue weighted by atomic mass is 16.5. The van der Waals surface area contributed by atoms with E-state index < -0.39 is 0 Å². The lowest BCUT2D eigenvalue weighted by molar-refractivity contribution is 0.391. The molecule has 0 amide bonds. The molecule has 11 heteroatoms. The average Bonchev–Trinajstić information content (AvgIpc) is 2.99. The molecule has 0 aliphatic carbocycles. The molecule has 0 saturated heterocycles. The number of nitrogens with zero attached hydrogens (tertiary/aromatic N) is 5. The van der Waals surface area contributed by atoms with Gasteiger partial charge in [0, 0.05) is 42.2 Å². The van der Waals surface area contributed by atoms with E-state index in [-0.39, 0.29) is 0 Å². The third-order valence-corrected chi connectivity index (χ3v) is 6.63. The molecule has 5 rings (SSSR count). The number of rotatable bonds is 10. The monoisotopic (exact) mass is 553 g/mol. The normalized spacial score (nSPS) is 10.8. The topological polar surface area (TPSA) is 125 Å². The molecule has 2 N–H and O–H groups in total. The Morgan fingerprint density at radius 2 is 1.59 bits per heavy atom. The molecule has 0 fully saturated rings. The van der Waals surface area contributed by atoms with Crippen LogP contribution in [0.25, 0.3) is 10.9 Å². The van der Waals surface area contributed by atoms with Crippen molar-refractivity contribution in [1.29, 1.82) is 0 Å². The summed E-state index contributed by atoms with van der Waals surface area (Å²) < 4.78 is 23.0. The third kappa shape index (κ3) is 5.74. The summed E-state index contributed by atoms with van der Waals surface area (Å²) in [6.07, 6.45) is 4.76. The fourth-order valence-electron chi connectivity index (χ4n) is 4.43. The highest BCUT2D eigenvalue weighted by Crippen LogP contribution is 2.39. The van der Waals surface area contributed by atoms with E-state index in [9.17, 15) is 0 Å². The standard InChI is InChI=1S/C30H31N7O4/c1-17-7-10-23(39-5)18(2)27(17)41-30-26-22(14-25(37-30)36-28-19(3)31-11-12-32-28)34-16-35-29(26)33-15-20-8-9-21(38-4)13-24(20)40-6/h7-14,16H,15H2,1-6H3,(H,32,36,37)(H,33,34,35). The van der Waals surface area contributed by atoms with Gasteiger partial charge in [-0.2, -0.15) is 4.98 Å². The third-order valence-electron chi connectivity index (χ3n) is 6.63. The van der Waals surface area contributed by atoms with Crippen molar-refractivity contribution in [3.05, 3.63) is 77.5 Å². The lowest BCUT2D eigenvalue weighted by atomic mass is 10.1. The van der Waals surface area contributed by atoms with E-state index in [1.807, 2.05) is 57.2 Å². The fraction of sp³-hybridized carbons (Fsp3) is 0.233. The molecule has 0 saturated carbocycles. The van der Waals surface area contributed by atoms with Crippen LogP contribution in [0.5, 0.6) is 28.9 Å². The Hall–Kier alpha value is -5.19. The van der Waals surface area contributed by atoms with Crippen molar-refractivity contribution in [1.82, 2.24) is 24.9 Å².